The van der Waals surface area contributed by atoms with E-state index in [1.807, 2.05) is 29.0 Å². The molecule has 0 saturated carbocycles. The van der Waals surface area contributed by atoms with Crippen molar-refractivity contribution in [1.82, 2.24) is 4.57 Å². The van der Waals surface area contributed by atoms with Gasteiger partial charge in [-0.3, -0.25) is 4.79 Å². The van der Waals surface area contributed by atoms with Crippen LogP contribution in [0.15, 0.2) is 47.4 Å². The van der Waals surface area contributed by atoms with E-state index in [0.717, 1.165) is 16.0 Å². The molecule has 0 bridgehead atoms. The molecule has 0 unspecified atom stereocenters. The summed E-state index contributed by atoms with van der Waals surface area (Å²) in [7, 11) is 0. The zero-order chi connectivity index (χ0) is 19.1. The Bertz CT molecular complexity index is 997. The number of carboxylic acids is 1. The maximum Gasteiger partial charge on any atom is 0.315 e. The van der Waals surface area contributed by atoms with Crippen molar-refractivity contribution in [3.8, 4) is 0 Å². The lowest BCUT2D eigenvalue weighted by atomic mass is 9.89. The summed E-state index contributed by atoms with van der Waals surface area (Å²) < 4.78 is 15.8. The van der Waals surface area contributed by atoms with Crippen molar-refractivity contribution in [3.05, 3.63) is 64.6 Å². The minimum Gasteiger partial charge on any atom is -0.481 e. The maximum absolute atomic E-state index is 13.9. The van der Waals surface area contributed by atoms with E-state index in [4.69, 9.17) is 11.6 Å². The van der Waals surface area contributed by atoms with E-state index in [0.29, 0.717) is 22.6 Å². The number of nitrogens with zero attached hydrogens (tertiary/aromatic N) is 1. The fourth-order valence-corrected chi connectivity index (χ4v) is 4.32. The summed E-state index contributed by atoms with van der Waals surface area (Å²) in [5.41, 5.74) is 1.18. The van der Waals surface area contributed by atoms with E-state index in [9.17, 15) is 14.3 Å². The monoisotopic (exact) mass is 391 g/mol. The van der Waals surface area contributed by atoms with Crippen molar-refractivity contribution >= 4 is 40.2 Å². The van der Waals surface area contributed by atoms with Gasteiger partial charge in [-0.15, -0.1) is 11.8 Å². The Morgan fingerprint density at radius 2 is 1.96 bits per heavy atom. The van der Waals surface area contributed by atoms with E-state index in [2.05, 4.69) is 0 Å². The standard InChI is InChI=1S/C20H19ClFNO2S/c1-20(2,19(24)25)18-17(26-3)14-10-13(22)8-9-16(14)23(18)11-12-6-4-5-7-15(12)21/h4-10H,11H2,1-3H3,(H,24,25). The van der Waals surface area contributed by atoms with Gasteiger partial charge in [0.2, 0.25) is 0 Å². The second kappa shape index (κ2) is 6.97. The summed E-state index contributed by atoms with van der Waals surface area (Å²) in [4.78, 5) is 12.8. The minimum atomic E-state index is -1.14. The quantitative estimate of drug-likeness (QED) is 0.578. The molecule has 1 N–H and O–H groups in total. The van der Waals surface area contributed by atoms with Crippen LogP contribution in [0.5, 0.6) is 0 Å². The normalized spacial score (nSPS) is 11.9. The second-order valence-electron chi connectivity index (χ2n) is 6.65. The second-order valence-corrected chi connectivity index (χ2v) is 7.87. The van der Waals surface area contributed by atoms with Gasteiger partial charge in [0.15, 0.2) is 0 Å². The van der Waals surface area contributed by atoms with Crippen molar-refractivity contribution in [2.45, 2.75) is 30.7 Å². The van der Waals surface area contributed by atoms with Crippen LogP contribution < -0.4 is 0 Å². The van der Waals surface area contributed by atoms with E-state index < -0.39 is 11.4 Å². The number of carbonyl (C=O) groups is 1. The number of aromatic nitrogens is 1. The Morgan fingerprint density at radius 3 is 2.58 bits per heavy atom. The highest BCUT2D eigenvalue weighted by atomic mass is 35.5. The number of halogens is 2. The molecular formula is C20H19ClFNO2S. The van der Waals surface area contributed by atoms with Crippen molar-refractivity contribution in [2.75, 3.05) is 6.26 Å². The molecule has 0 amide bonds. The molecule has 0 aliphatic rings. The van der Waals surface area contributed by atoms with Crippen LogP contribution in [0.25, 0.3) is 10.9 Å². The third-order valence-electron chi connectivity index (χ3n) is 4.60. The largest absolute Gasteiger partial charge is 0.481 e. The van der Waals surface area contributed by atoms with Crippen LogP contribution in [0, 0.1) is 5.82 Å². The zero-order valence-electron chi connectivity index (χ0n) is 14.7. The Morgan fingerprint density at radius 1 is 1.27 bits per heavy atom. The molecule has 0 fully saturated rings. The molecule has 2 aromatic carbocycles. The van der Waals surface area contributed by atoms with Crippen LogP contribution in [0.3, 0.4) is 0 Å². The molecule has 3 aromatic rings. The molecule has 0 radical (unpaired) electrons. The van der Waals surface area contributed by atoms with Crippen LogP contribution in [0.1, 0.15) is 25.1 Å². The third-order valence-corrected chi connectivity index (χ3v) is 5.79. The first-order valence-electron chi connectivity index (χ1n) is 8.10. The number of rotatable bonds is 5. The molecule has 1 aromatic heterocycles. The lowest BCUT2D eigenvalue weighted by Crippen LogP contribution is -2.32. The molecule has 0 atom stereocenters. The van der Waals surface area contributed by atoms with Gasteiger partial charge in [0.25, 0.3) is 0 Å². The lowest BCUT2D eigenvalue weighted by molar-refractivity contribution is -0.142. The van der Waals surface area contributed by atoms with Gasteiger partial charge in [-0.05, 0) is 49.9 Å². The summed E-state index contributed by atoms with van der Waals surface area (Å²) in [6.45, 7) is 3.75. The summed E-state index contributed by atoms with van der Waals surface area (Å²) >= 11 is 7.76. The minimum absolute atomic E-state index is 0.345. The highest BCUT2D eigenvalue weighted by Crippen LogP contribution is 2.41. The van der Waals surface area contributed by atoms with E-state index in [1.54, 1.807) is 26.0 Å². The Kier molecular flexibility index (Phi) is 5.04. The zero-order valence-corrected chi connectivity index (χ0v) is 16.3. The van der Waals surface area contributed by atoms with Gasteiger partial charge in [-0.2, -0.15) is 0 Å². The molecule has 0 saturated heterocycles. The molecule has 1 heterocycles. The number of hydrogen-bond donors (Lipinski definition) is 1. The van der Waals surface area contributed by atoms with Crippen LogP contribution in [0.2, 0.25) is 5.02 Å². The molecule has 136 valence electrons. The molecule has 3 rings (SSSR count). The van der Waals surface area contributed by atoms with Crippen molar-refractivity contribution in [3.63, 3.8) is 0 Å². The predicted molar refractivity (Wildman–Crippen MR) is 105 cm³/mol. The van der Waals surface area contributed by atoms with Gasteiger partial charge in [-0.25, -0.2) is 4.39 Å². The van der Waals surface area contributed by atoms with Gasteiger partial charge in [-0.1, -0.05) is 29.8 Å². The number of benzene rings is 2. The molecule has 0 aliphatic heterocycles. The first-order chi connectivity index (χ1) is 12.3. The summed E-state index contributed by atoms with van der Waals surface area (Å²) in [6, 6.07) is 12.0. The first-order valence-corrected chi connectivity index (χ1v) is 9.70. The number of thioether (sulfide) groups is 1. The SMILES string of the molecule is CSc1c(C(C)(C)C(=O)O)n(Cc2ccccc2Cl)c2ccc(F)cc12. The molecule has 6 heteroatoms. The van der Waals surface area contributed by atoms with Crippen molar-refractivity contribution in [1.29, 1.82) is 0 Å². The van der Waals surface area contributed by atoms with Crippen LogP contribution in [0.4, 0.5) is 4.39 Å². The summed E-state index contributed by atoms with van der Waals surface area (Å²) in [6.07, 6.45) is 1.88. The van der Waals surface area contributed by atoms with Gasteiger partial charge >= 0.3 is 5.97 Å². The Labute approximate surface area is 160 Å². The van der Waals surface area contributed by atoms with Gasteiger partial charge in [0, 0.05) is 33.1 Å². The van der Waals surface area contributed by atoms with Gasteiger partial charge < -0.3 is 9.67 Å². The number of aliphatic carboxylic acids is 1. The van der Waals surface area contributed by atoms with E-state index in [-0.39, 0.29) is 5.82 Å². The molecule has 0 spiro atoms. The summed E-state index contributed by atoms with van der Waals surface area (Å²) in [5.74, 6) is -1.28. The average molecular weight is 392 g/mol. The molecule has 0 aliphatic carbocycles. The smallest absolute Gasteiger partial charge is 0.315 e. The van der Waals surface area contributed by atoms with E-state index >= 15 is 0 Å². The van der Waals surface area contributed by atoms with Gasteiger partial charge in [0.1, 0.15) is 11.2 Å². The van der Waals surface area contributed by atoms with Crippen LogP contribution >= 0.6 is 23.4 Å². The highest BCUT2D eigenvalue weighted by Gasteiger charge is 2.37. The van der Waals surface area contributed by atoms with Crippen molar-refractivity contribution in [2.24, 2.45) is 0 Å². The lowest BCUT2D eigenvalue weighted by Gasteiger charge is -2.24. The summed E-state index contributed by atoms with van der Waals surface area (Å²) in [5, 5.41) is 11.1. The number of hydrogen-bond acceptors (Lipinski definition) is 2. The fourth-order valence-electron chi connectivity index (χ4n) is 3.19. The fraction of sp³-hybridized carbons (Fsp3) is 0.250. The van der Waals surface area contributed by atoms with Gasteiger partial charge in [0.05, 0.1) is 0 Å². The highest BCUT2D eigenvalue weighted by molar-refractivity contribution is 7.98. The average Bonchev–Trinajstić information content (AvgIpc) is 2.90. The topological polar surface area (TPSA) is 42.2 Å². The third kappa shape index (κ3) is 3.10. The van der Waals surface area contributed by atoms with Crippen LogP contribution in [-0.4, -0.2) is 21.9 Å². The van der Waals surface area contributed by atoms with Crippen LogP contribution in [-0.2, 0) is 16.8 Å². The predicted octanol–water partition coefficient (Wildman–Crippen LogP) is 5.57. The number of fused-ring (bicyclic) bond motifs is 1. The van der Waals surface area contributed by atoms with E-state index in [1.165, 1.54) is 23.9 Å². The Hall–Kier alpha value is -1.98. The maximum atomic E-state index is 13.9. The number of carboxylic acid groups (broad SMARTS) is 1. The molecule has 3 nitrogen and oxygen atoms in total. The molecule has 26 heavy (non-hydrogen) atoms. The van der Waals surface area contributed by atoms with Crippen molar-refractivity contribution < 1.29 is 14.3 Å². The molecular weight excluding hydrogens is 373 g/mol. The first kappa shape index (κ1) is 18.8. The Balaban J connectivity index is 2.35.